The van der Waals surface area contributed by atoms with E-state index in [0.717, 1.165) is 19.8 Å². The lowest BCUT2D eigenvalue weighted by Crippen LogP contribution is -1.78. The average Bonchev–Trinajstić information content (AvgIpc) is 2.46. The molecule has 0 bridgehead atoms. The van der Waals surface area contributed by atoms with Gasteiger partial charge in [-0.25, -0.2) is 0 Å². The molecule has 0 atom stereocenters. The minimum atomic E-state index is 0.730. The zero-order chi connectivity index (χ0) is 10.1. The minimum absolute atomic E-state index is 0.730. The Morgan fingerprint density at radius 3 is 2.43 bits per heavy atom. The summed E-state index contributed by atoms with van der Waals surface area (Å²) in [4.78, 5) is 1.05. The van der Waals surface area contributed by atoms with Crippen LogP contribution in [-0.4, -0.2) is 0 Å². The van der Waals surface area contributed by atoms with Gasteiger partial charge in [0.2, 0.25) is 0 Å². The van der Waals surface area contributed by atoms with E-state index in [-0.39, 0.29) is 0 Å². The SMILES string of the molecule is Cc1ccccc1-c1sc(Cl)cc1Cl. The van der Waals surface area contributed by atoms with Gasteiger partial charge in [-0.1, -0.05) is 47.5 Å². The van der Waals surface area contributed by atoms with Crippen molar-refractivity contribution in [1.29, 1.82) is 0 Å². The van der Waals surface area contributed by atoms with E-state index < -0.39 is 0 Å². The molecule has 0 fully saturated rings. The molecule has 1 heterocycles. The maximum Gasteiger partial charge on any atom is 0.0950 e. The van der Waals surface area contributed by atoms with Gasteiger partial charge in [-0.2, -0.15) is 0 Å². The minimum Gasteiger partial charge on any atom is -0.122 e. The molecule has 1 aromatic heterocycles. The number of benzene rings is 1. The van der Waals surface area contributed by atoms with Crippen LogP contribution in [0.4, 0.5) is 0 Å². The lowest BCUT2D eigenvalue weighted by Gasteiger charge is -2.02. The van der Waals surface area contributed by atoms with Crippen LogP contribution in [0.3, 0.4) is 0 Å². The van der Waals surface area contributed by atoms with E-state index in [0.29, 0.717) is 0 Å². The largest absolute Gasteiger partial charge is 0.122 e. The number of hydrogen-bond donors (Lipinski definition) is 0. The van der Waals surface area contributed by atoms with Crippen LogP contribution >= 0.6 is 34.5 Å². The normalized spacial score (nSPS) is 10.5. The molecule has 0 spiro atoms. The van der Waals surface area contributed by atoms with Gasteiger partial charge in [0.1, 0.15) is 0 Å². The third-order valence-electron chi connectivity index (χ3n) is 2.05. The van der Waals surface area contributed by atoms with E-state index in [4.69, 9.17) is 23.2 Å². The van der Waals surface area contributed by atoms with Crippen molar-refractivity contribution in [2.24, 2.45) is 0 Å². The molecule has 14 heavy (non-hydrogen) atoms. The summed E-state index contributed by atoms with van der Waals surface area (Å²) < 4.78 is 0.730. The number of thiophene rings is 1. The van der Waals surface area contributed by atoms with E-state index in [1.165, 1.54) is 16.9 Å². The first-order valence-corrected chi connectivity index (χ1v) is 5.76. The predicted molar refractivity (Wildman–Crippen MR) is 64.5 cm³/mol. The molecular weight excluding hydrogens is 235 g/mol. The molecule has 0 nitrogen and oxygen atoms in total. The smallest absolute Gasteiger partial charge is 0.0950 e. The summed E-state index contributed by atoms with van der Waals surface area (Å²) in [5.74, 6) is 0. The lowest BCUT2D eigenvalue weighted by atomic mass is 10.1. The molecule has 0 N–H and O–H groups in total. The first-order valence-electron chi connectivity index (χ1n) is 4.19. The van der Waals surface area contributed by atoms with Gasteiger partial charge >= 0.3 is 0 Å². The second kappa shape index (κ2) is 3.93. The maximum absolute atomic E-state index is 6.08. The molecule has 0 aliphatic rings. The van der Waals surface area contributed by atoms with Crippen molar-refractivity contribution in [3.05, 3.63) is 45.3 Å². The van der Waals surface area contributed by atoms with Crippen molar-refractivity contribution in [1.82, 2.24) is 0 Å². The summed E-state index contributed by atoms with van der Waals surface area (Å²) in [6, 6.07) is 9.94. The number of hydrogen-bond acceptors (Lipinski definition) is 1. The fourth-order valence-electron chi connectivity index (χ4n) is 1.35. The molecule has 0 radical (unpaired) electrons. The van der Waals surface area contributed by atoms with E-state index in [1.807, 2.05) is 12.1 Å². The number of aryl methyl sites for hydroxylation is 1. The standard InChI is InChI=1S/C11H8Cl2S/c1-7-4-2-3-5-8(7)11-9(12)6-10(13)14-11/h2-6H,1H3. The monoisotopic (exact) mass is 242 g/mol. The van der Waals surface area contributed by atoms with Gasteiger partial charge in [0.25, 0.3) is 0 Å². The molecule has 72 valence electrons. The quantitative estimate of drug-likeness (QED) is 0.658. The van der Waals surface area contributed by atoms with Gasteiger partial charge in [-0.15, -0.1) is 11.3 Å². The summed E-state index contributed by atoms with van der Waals surface area (Å²) in [5, 5.41) is 0.731. The van der Waals surface area contributed by atoms with Crippen molar-refractivity contribution in [3.8, 4) is 10.4 Å². The highest BCUT2D eigenvalue weighted by atomic mass is 35.5. The highest BCUT2D eigenvalue weighted by Gasteiger charge is 2.09. The van der Waals surface area contributed by atoms with Crippen LogP contribution < -0.4 is 0 Å². The highest BCUT2D eigenvalue weighted by molar-refractivity contribution is 7.20. The Balaban J connectivity index is 2.60. The average molecular weight is 243 g/mol. The number of rotatable bonds is 1. The van der Waals surface area contributed by atoms with Crippen molar-refractivity contribution >= 4 is 34.5 Å². The van der Waals surface area contributed by atoms with Crippen LogP contribution in [0.25, 0.3) is 10.4 Å². The Kier molecular flexibility index (Phi) is 2.82. The zero-order valence-corrected chi connectivity index (χ0v) is 9.88. The second-order valence-electron chi connectivity index (χ2n) is 3.04. The van der Waals surface area contributed by atoms with Crippen LogP contribution in [0.5, 0.6) is 0 Å². The van der Waals surface area contributed by atoms with Crippen molar-refractivity contribution in [2.45, 2.75) is 6.92 Å². The first kappa shape index (κ1) is 10.0. The van der Waals surface area contributed by atoms with E-state index >= 15 is 0 Å². The van der Waals surface area contributed by atoms with Gasteiger partial charge in [-0.3, -0.25) is 0 Å². The molecule has 0 saturated heterocycles. The number of halogens is 2. The molecular formula is C11H8Cl2S. The summed E-state index contributed by atoms with van der Waals surface area (Å²) in [7, 11) is 0. The highest BCUT2D eigenvalue weighted by Crippen LogP contribution is 2.39. The predicted octanol–water partition coefficient (Wildman–Crippen LogP) is 5.03. The summed E-state index contributed by atoms with van der Waals surface area (Å²) in [6.07, 6.45) is 0. The second-order valence-corrected chi connectivity index (χ2v) is 5.13. The Bertz CT molecular complexity index is 460. The van der Waals surface area contributed by atoms with Crippen LogP contribution in [-0.2, 0) is 0 Å². The van der Waals surface area contributed by atoms with Crippen LogP contribution in [0.1, 0.15) is 5.56 Å². The molecule has 0 amide bonds. The Morgan fingerprint density at radius 2 is 1.86 bits per heavy atom. The Morgan fingerprint density at radius 1 is 1.14 bits per heavy atom. The fourth-order valence-corrected chi connectivity index (χ4v) is 3.01. The molecule has 1 aromatic carbocycles. The summed E-state index contributed by atoms with van der Waals surface area (Å²) >= 11 is 13.5. The molecule has 0 aliphatic carbocycles. The van der Waals surface area contributed by atoms with Crippen LogP contribution in [0.2, 0.25) is 9.36 Å². The molecule has 0 unspecified atom stereocenters. The fraction of sp³-hybridized carbons (Fsp3) is 0.0909. The molecule has 2 rings (SSSR count). The zero-order valence-electron chi connectivity index (χ0n) is 7.55. The first-order chi connectivity index (χ1) is 6.68. The third kappa shape index (κ3) is 1.81. The van der Waals surface area contributed by atoms with Gasteiger partial charge in [0.05, 0.1) is 14.2 Å². The van der Waals surface area contributed by atoms with Crippen molar-refractivity contribution in [2.75, 3.05) is 0 Å². The van der Waals surface area contributed by atoms with Crippen LogP contribution in [0.15, 0.2) is 30.3 Å². The van der Waals surface area contributed by atoms with Crippen LogP contribution in [0, 0.1) is 6.92 Å². The van der Waals surface area contributed by atoms with Gasteiger partial charge in [0.15, 0.2) is 0 Å². The van der Waals surface area contributed by atoms with Gasteiger partial charge < -0.3 is 0 Å². The van der Waals surface area contributed by atoms with Gasteiger partial charge in [0, 0.05) is 0 Å². The molecule has 3 heteroatoms. The molecule has 2 aromatic rings. The van der Waals surface area contributed by atoms with Crippen molar-refractivity contribution < 1.29 is 0 Å². The molecule has 0 saturated carbocycles. The van der Waals surface area contributed by atoms with Gasteiger partial charge in [-0.05, 0) is 24.1 Å². The Hall–Kier alpha value is -0.500. The molecule has 0 aliphatic heterocycles. The van der Waals surface area contributed by atoms with E-state index in [1.54, 1.807) is 6.07 Å². The van der Waals surface area contributed by atoms with Crippen molar-refractivity contribution in [3.63, 3.8) is 0 Å². The maximum atomic E-state index is 6.08. The lowest BCUT2D eigenvalue weighted by molar-refractivity contribution is 1.48. The van der Waals surface area contributed by atoms with E-state index in [9.17, 15) is 0 Å². The summed E-state index contributed by atoms with van der Waals surface area (Å²) in [6.45, 7) is 2.07. The topological polar surface area (TPSA) is 0 Å². The summed E-state index contributed by atoms with van der Waals surface area (Å²) in [5.41, 5.74) is 2.38. The Labute approximate surface area is 97.1 Å². The van der Waals surface area contributed by atoms with E-state index in [2.05, 4.69) is 19.1 Å². The third-order valence-corrected chi connectivity index (χ3v) is 3.75.